The van der Waals surface area contributed by atoms with Gasteiger partial charge in [-0.3, -0.25) is 4.98 Å². The van der Waals surface area contributed by atoms with Crippen molar-refractivity contribution in [2.24, 2.45) is 0 Å². The number of aliphatic carboxylic acids is 1. The van der Waals surface area contributed by atoms with Crippen LogP contribution in [-0.4, -0.2) is 80.7 Å². The molecule has 0 radical (unpaired) electrons. The summed E-state index contributed by atoms with van der Waals surface area (Å²) in [6.45, 7) is 0.328. The minimum absolute atomic E-state index is 0. The fourth-order valence-electron chi connectivity index (χ4n) is 4.08. The number of carbonyl (C=O) groups is 1. The summed E-state index contributed by atoms with van der Waals surface area (Å²) in [6, 6.07) is 19.4. The van der Waals surface area contributed by atoms with Crippen LogP contribution in [0.4, 0.5) is 4.39 Å². The molecule has 0 aliphatic heterocycles. The van der Waals surface area contributed by atoms with Gasteiger partial charge in [0, 0.05) is 48.0 Å². The van der Waals surface area contributed by atoms with E-state index in [0.717, 1.165) is 22.4 Å². The van der Waals surface area contributed by atoms with E-state index in [4.69, 9.17) is 4.98 Å². The fourth-order valence-corrected chi connectivity index (χ4v) is 4.08. The molecule has 2 aromatic carbocycles. The molecule has 180 valence electrons. The maximum absolute atomic E-state index is 13.7. The van der Waals surface area contributed by atoms with Crippen molar-refractivity contribution in [3.63, 3.8) is 0 Å². The van der Waals surface area contributed by atoms with Gasteiger partial charge in [-0.25, -0.2) is 9.37 Å². The third-order valence-corrected chi connectivity index (χ3v) is 5.70. The number of carbonyl (C=O) groups excluding carboxylic acids is 1. The second-order valence-electron chi connectivity index (χ2n) is 8.30. The van der Waals surface area contributed by atoms with Gasteiger partial charge < -0.3 is 24.7 Å². The first-order valence-corrected chi connectivity index (χ1v) is 11.3. The topological polar surface area (TPSA) is 111 Å². The van der Waals surface area contributed by atoms with E-state index in [1.54, 1.807) is 24.5 Å². The number of aliphatic hydroxyl groups is 2. The second kappa shape index (κ2) is 13.1. The molecule has 0 saturated carbocycles. The van der Waals surface area contributed by atoms with Gasteiger partial charge >= 0.3 is 37.7 Å². The van der Waals surface area contributed by atoms with Gasteiger partial charge in [-0.15, -0.1) is 0 Å². The van der Waals surface area contributed by atoms with Crippen LogP contribution in [0.5, 0.6) is 0 Å². The molecule has 9 heteroatoms. The van der Waals surface area contributed by atoms with Gasteiger partial charge in [-0.1, -0.05) is 30.3 Å². The molecule has 2 heterocycles. The van der Waals surface area contributed by atoms with E-state index < -0.39 is 24.6 Å². The Bertz CT molecular complexity index is 1270. The van der Waals surface area contributed by atoms with Crippen molar-refractivity contribution >= 4 is 43.7 Å². The number of nitrogens with zero attached hydrogens (tertiary/aromatic N) is 3. The average molecular weight is 515 g/mol. The van der Waals surface area contributed by atoms with E-state index >= 15 is 0 Å². The fraction of sp³-hybridized carbons (Fsp3) is 0.222. The van der Waals surface area contributed by atoms with Gasteiger partial charge in [-0.05, 0) is 49.2 Å². The smallest absolute Gasteiger partial charge is 0.550 e. The molecule has 2 N–H and O–H groups in total. The number of aliphatic hydroxyl groups excluding tert-OH is 2. The largest absolute Gasteiger partial charge is 2.00 e. The molecule has 36 heavy (non-hydrogen) atoms. The first kappa shape index (κ1) is 28.0. The molecular formula is C27H25CaFN3O4+. The van der Waals surface area contributed by atoms with E-state index in [2.05, 4.69) is 4.98 Å². The third kappa shape index (κ3) is 6.99. The predicted octanol–water partition coefficient (Wildman–Crippen LogP) is 2.68. The average Bonchev–Trinajstić information content (AvgIpc) is 3.23. The van der Waals surface area contributed by atoms with Crippen molar-refractivity contribution in [1.29, 1.82) is 0 Å². The van der Waals surface area contributed by atoms with Gasteiger partial charge in [-0.2, -0.15) is 0 Å². The van der Waals surface area contributed by atoms with Gasteiger partial charge in [0.1, 0.15) is 11.6 Å². The van der Waals surface area contributed by atoms with Crippen LogP contribution in [0.1, 0.15) is 19.3 Å². The number of carboxylic acid groups (broad SMARTS) is 1. The van der Waals surface area contributed by atoms with E-state index in [1.807, 2.05) is 47.0 Å². The summed E-state index contributed by atoms with van der Waals surface area (Å²) >= 11 is 0. The van der Waals surface area contributed by atoms with Crippen molar-refractivity contribution in [2.75, 3.05) is 0 Å². The van der Waals surface area contributed by atoms with Gasteiger partial charge in [0.05, 0.1) is 23.6 Å². The third-order valence-electron chi connectivity index (χ3n) is 5.70. The van der Waals surface area contributed by atoms with E-state index in [-0.39, 0.29) is 56.4 Å². The van der Waals surface area contributed by atoms with Gasteiger partial charge in [0.15, 0.2) is 0 Å². The SMILES string of the molecule is O=C([O-])C[C@H](O)C[C@H](O)CCn1c(-c2ccccc2)nc(-c2ccncc2)c1-c1ccc(F)cc1.[Ca+2]. The number of hydrogen-bond donors (Lipinski definition) is 2. The maximum Gasteiger partial charge on any atom is 2.00 e. The molecule has 0 amide bonds. The molecule has 0 aliphatic rings. The Labute approximate surface area is 238 Å². The zero-order chi connectivity index (χ0) is 24.8. The van der Waals surface area contributed by atoms with Crippen LogP contribution in [0, 0.1) is 5.82 Å². The molecule has 0 saturated heterocycles. The number of halogens is 1. The Morgan fingerprint density at radius 2 is 1.58 bits per heavy atom. The van der Waals surface area contributed by atoms with Crippen molar-refractivity contribution in [3.8, 4) is 33.9 Å². The number of hydrogen-bond acceptors (Lipinski definition) is 6. The normalized spacial score (nSPS) is 12.5. The minimum atomic E-state index is -1.37. The number of imidazole rings is 1. The summed E-state index contributed by atoms with van der Waals surface area (Å²) in [4.78, 5) is 19.8. The van der Waals surface area contributed by atoms with Crippen LogP contribution in [0.3, 0.4) is 0 Å². The van der Waals surface area contributed by atoms with E-state index in [0.29, 0.717) is 18.1 Å². The summed E-state index contributed by atoms with van der Waals surface area (Å²) in [5, 5.41) is 31.1. The van der Waals surface area contributed by atoms with Crippen LogP contribution in [0.25, 0.3) is 33.9 Å². The summed E-state index contributed by atoms with van der Waals surface area (Å²) in [6.07, 6.45) is 0.818. The molecule has 7 nitrogen and oxygen atoms in total. The molecule has 4 aromatic rings. The predicted molar refractivity (Wildman–Crippen MR) is 133 cm³/mol. The number of rotatable bonds is 10. The molecule has 0 fully saturated rings. The van der Waals surface area contributed by atoms with E-state index in [9.17, 15) is 24.5 Å². The Balaban J connectivity index is 0.00000361. The molecular weight excluding hydrogens is 489 g/mol. The Morgan fingerprint density at radius 1 is 0.917 bits per heavy atom. The van der Waals surface area contributed by atoms with Crippen molar-refractivity contribution in [1.82, 2.24) is 14.5 Å². The number of benzene rings is 2. The minimum Gasteiger partial charge on any atom is -0.550 e. The first-order valence-electron chi connectivity index (χ1n) is 11.3. The molecule has 2 aromatic heterocycles. The summed E-state index contributed by atoms with van der Waals surface area (Å²) in [7, 11) is 0. The Morgan fingerprint density at radius 3 is 2.22 bits per heavy atom. The zero-order valence-corrected chi connectivity index (χ0v) is 21.8. The standard InChI is InChI=1S/C27H26FN3O4.Ca/c28-21-8-6-19(7-9-21)26-25(18-10-13-29-14-11-18)30-27(20-4-2-1-3-5-20)31(26)15-12-22(32)16-23(33)17-24(34)35;/h1-11,13-14,22-23,32-33H,12,15-17H2,(H,34,35);/q;+2/p-1/t22-,23-;/m1./s1. The molecule has 4 rings (SSSR count). The van der Waals surface area contributed by atoms with Gasteiger partial charge in [0.25, 0.3) is 0 Å². The summed E-state index contributed by atoms with van der Waals surface area (Å²) in [5.74, 6) is -1.06. The molecule has 2 atom stereocenters. The molecule has 0 unspecified atom stereocenters. The van der Waals surface area contributed by atoms with Gasteiger partial charge in [0.2, 0.25) is 0 Å². The second-order valence-corrected chi connectivity index (χ2v) is 8.30. The molecule has 0 aliphatic carbocycles. The van der Waals surface area contributed by atoms with Crippen molar-refractivity contribution in [3.05, 3.63) is 84.9 Å². The summed E-state index contributed by atoms with van der Waals surface area (Å²) in [5.41, 5.74) is 3.88. The monoisotopic (exact) mass is 514 g/mol. The number of pyridine rings is 1. The van der Waals surface area contributed by atoms with E-state index in [1.165, 1.54) is 12.1 Å². The zero-order valence-electron chi connectivity index (χ0n) is 19.6. The van der Waals surface area contributed by atoms with Crippen LogP contribution < -0.4 is 5.11 Å². The maximum atomic E-state index is 13.7. The first-order chi connectivity index (χ1) is 16.9. The molecule has 0 spiro atoms. The quantitative estimate of drug-likeness (QED) is 0.315. The van der Waals surface area contributed by atoms with Crippen LogP contribution in [-0.2, 0) is 11.3 Å². The molecule has 0 bridgehead atoms. The van der Waals surface area contributed by atoms with Crippen LogP contribution >= 0.6 is 0 Å². The van der Waals surface area contributed by atoms with Crippen LogP contribution in [0.15, 0.2) is 79.1 Å². The number of aromatic nitrogens is 3. The number of carboxylic acids is 1. The van der Waals surface area contributed by atoms with Crippen molar-refractivity contribution < 1.29 is 24.5 Å². The Hall–Kier alpha value is -2.62. The summed E-state index contributed by atoms with van der Waals surface area (Å²) < 4.78 is 15.7. The van der Waals surface area contributed by atoms with Crippen molar-refractivity contribution in [2.45, 2.75) is 38.0 Å². The van der Waals surface area contributed by atoms with Crippen LogP contribution in [0.2, 0.25) is 0 Å². The Kier molecular flexibility index (Phi) is 10.2.